The van der Waals surface area contributed by atoms with Crippen molar-refractivity contribution in [3.8, 4) is 11.5 Å². The zero-order valence-corrected chi connectivity index (χ0v) is 18.3. The lowest BCUT2D eigenvalue weighted by molar-refractivity contribution is 0.284. The summed E-state index contributed by atoms with van der Waals surface area (Å²) in [6.07, 6.45) is 1.03. The lowest BCUT2D eigenvalue weighted by Gasteiger charge is -2.25. The van der Waals surface area contributed by atoms with Crippen LogP contribution >= 0.6 is 0 Å². The Bertz CT molecular complexity index is 1230. The van der Waals surface area contributed by atoms with Crippen molar-refractivity contribution in [2.75, 3.05) is 13.7 Å². The van der Waals surface area contributed by atoms with E-state index < -0.39 is 0 Å². The Kier molecular flexibility index (Phi) is 5.16. The molecular weight excluding hydrogens is 384 g/mol. The average Bonchev–Trinajstić information content (AvgIpc) is 3.17. The van der Waals surface area contributed by atoms with Crippen molar-refractivity contribution in [2.45, 2.75) is 32.9 Å². The lowest BCUT2D eigenvalue weighted by Crippen LogP contribution is -2.30. The van der Waals surface area contributed by atoms with Crippen molar-refractivity contribution in [3.05, 3.63) is 94.2 Å². The molecule has 0 saturated heterocycles. The van der Waals surface area contributed by atoms with Crippen LogP contribution in [0.1, 0.15) is 39.6 Å². The molecule has 5 rings (SSSR count). The number of hydrogen-bond acceptors (Lipinski definition) is 3. The summed E-state index contributed by atoms with van der Waals surface area (Å²) in [6.45, 7) is 5.82. The minimum Gasteiger partial charge on any atom is -0.493 e. The normalized spacial score (nSPS) is 15.6. The van der Waals surface area contributed by atoms with E-state index in [-0.39, 0.29) is 6.04 Å². The molecule has 158 valence electrons. The molecule has 0 aliphatic carbocycles. The van der Waals surface area contributed by atoms with E-state index in [9.17, 15) is 0 Å². The Morgan fingerprint density at radius 2 is 1.81 bits per heavy atom. The number of ether oxygens (including phenoxy) is 2. The van der Waals surface area contributed by atoms with Crippen LogP contribution in [0.25, 0.3) is 10.9 Å². The fourth-order valence-corrected chi connectivity index (χ4v) is 4.69. The fourth-order valence-electron chi connectivity index (χ4n) is 4.69. The number of aromatic nitrogens is 1. The SMILES string of the molecule is COc1cc(C2NCCc3c2[nH]c2c(C)cc(C)cc32)ccc1OCc1ccccc1. The predicted octanol–water partition coefficient (Wildman–Crippen LogP) is 5.61. The summed E-state index contributed by atoms with van der Waals surface area (Å²) in [4.78, 5) is 3.72. The van der Waals surface area contributed by atoms with Gasteiger partial charge in [0.2, 0.25) is 0 Å². The maximum absolute atomic E-state index is 6.05. The van der Waals surface area contributed by atoms with E-state index in [4.69, 9.17) is 9.47 Å². The maximum Gasteiger partial charge on any atom is 0.161 e. The molecule has 4 aromatic rings. The third kappa shape index (κ3) is 3.68. The summed E-state index contributed by atoms with van der Waals surface area (Å²) in [7, 11) is 1.70. The quantitative estimate of drug-likeness (QED) is 0.448. The zero-order chi connectivity index (χ0) is 21.4. The Morgan fingerprint density at radius 1 is 0.968 bits per heavy atom. The predicted molar refractivity (Wildman–Crippen MR) is 125 cm³/mol. The molecule has 0 fully saturated rings. The van der Waals surface area contributed by atoms with Crippen LogP contribution < -0.4 is 14.8 Å². The Labute approximate surface area is 183 Å². The topological polar surface area (TPSA) is 46.3 Å². The molecule has 0 saturated carbocycles. The van der Waals surface area contributed by atoms with Crippen molar-refractivity contribution in [3.63, 3.8) is 0 Å². The van der Waals surface area contributed by atoms with Gasteiger partial charge in [-0.3, -0.25) is 0 Å². The van der Waals surface area contributed by atoms with E-state index in [2.05, 4.69) is 60.5 Å². The maximum atomic E-state index is 6.05. The number of methoxy groups -OCH3 is 1. The Balaban J connectivity index is 1.48. The highest BCUT2D eigenvalue weighted by Crippen LogP contribution is 2.38. The molecule has 1 unspecified atom stereocenters. The van der Waals surface area contributed by atoms with Gasteiger partial charge in [0.15, 0.2) is 11.5 Å². The van der Waals surface area contributed by atoms with E-state index in [1.165, 1.54) is 38.9 Å². The molecule has 1 aliphatic heterocycles. The number of hydrogen-bond donors (Lipinski definition) is 2. The third-order valence-electron chi connectivity index (χ3n) is 6.16. The van der Waals surface area contributed by atoms with Crippen LogP contribution in [0, 0.1) is 13.8 Å². The van der Waals surface area contributed by atoms with Gasteiger partial charge in [0.1, 0.15) is 6.61 Å². The molecule has 3 aromatic carbocycles. The lowest BCUT2D eigenvalue weighted by atomic mass is 9.93. The molecule has 1 aliphatic rings. The van der Waals surface area contributed by atoms with Crippen LogP contribution in [0.2, 0.25) is 0 Å². The zero-order valence-electron chi connectivity index (χ0n) is 18.3. The second-order valence-electron chi connectivity index (χ2n) is 8.34. The Hall–Kier alpha value is -3.24. The number of fused-ring (bicyclic) bond motifs is 3. The van der Waals surface area contributed by atoms with Gasteiger partial charge in [-0.2, -0.15) is 0 Å². The first-order valence-corrected chi connectivity index (χ1v) is 10.8. The summed E-state index contributed by atoms with van der Waals surface area (Å²) in [5, 5.41) is 5.04. The molecule has 4 heteroatoms. The average molecular weight is 413 g/mol. The first-order valence-electron chi connectivity index (χ1n) is 10.8. The van der Waals surface area contributed by atoms with Crippen molar-refractivity contribution >= 4 is 10.9 Å². The second kappa shape index (κ2) is 8.12. The van der Waals surface area contributed by atoms with Crippen molar-refractivity contribution in [2.24, 2.45) is 0 Å². The molecule has 2 heterocycles. The second-order valence-corrected chi connectivity index (χ2v) is 8.34. The number of aromatic amines is 1. The number of rotatable bonds is 5. The van der Waals surface area contributed by atoms with Crippen LogP contribution in [-0.4, -0.2) is 18.6 Å². The molecule has 1 atom stereocenters. The molecular formula is C27H28N2O2. The van der Waals surface area contributed by atoms with Gasteiger partial charge >= 0.3 is 0 Å². The van der Waals surface area contributed by atoms with Crippen LogP contribution in [0.5, 0.6) is 11.5 Å². The molecule has 0 radical (unpaired) electrons. The van der Waals surface area contributed by atoms with Crippen LogP contribution in [-0.2, 0) is 13.0 Å². The highest BCUT2D eigenvalue weighted by molar-refractivity contribution is 5.88. The monoisotopic (exact) mass is 412 g/mol. The summed E-state index contributed by atoms with van der Waals surface area (Å²) >= 11 is 0. The first-order chi connectivity index (χ1) is 15.1. The van der Waals surface area contributed by atoms with E-state index in [1.54, 1.807) is 7.11 Å². The molecule has 1 aromatic heterocycles. The van der Waals surface area contributed by atoms with Crippen molar-refractivity contribution < 1.29 is 9.47 Å². The van der Waals surface area contributed by atoms with Gasteiger partial charge in [-0.15, -0.1) is 0 Å². The van der Waals surface area contributed by atoms with Gasteiger partial charge in [0.05, 0.1) is 13.2 Å². The first kappa shape index (κ1) is 19.7. The Morgan fingerprint density at radius 3 is 2.61 bits per heavy atom. The van der Waals surface area contributed by atoms with Gasteiger partial charge in [-0.05, 0) is 60.7 Å². The standard InChI is InChI=1S/C27H28N2O2/c1-17-13-18(2)25-22(14-17)21-11-12-28-26(27(21)29-25)20-9-10-23(24(15-20)30-3)31-16-19-7-5-4-6-8-19/h4-10,13-15,26,28-29H,11-12,16H2,1-3H3. The minimum absolute atomic E-state index is 0.105. The molecule has 0 bridgehead atoms. The molecule has 4 nitrogen and oxygen atoms in total. The van der Waals surface area contributed by atoms with Gasteiger partial charge in [0.25, 0.3) is 0 Å². The summed E-state index contributed by atoms with van der Waals surface area (Å²) < 4.78 is 11.7. The summed E-state index contributed by atoms with van der Waals surface area (Å²) in [6, 6.07) is 21.1. The van der Waals surface area contributed by atoms with Gasteiger partial charge in [0, 0.05) is 23.1 Å². The van der Waals surface area contributed by atoms with E-state index in [0.717, 1.165) is 30.0 Å². The molecule has 31 heavy (non-hydrogen) atoms. The number of benzene rings is 3. The number of nitrogens with one attached hydrogen (secondary N) is 2. The number of aryl methyl sites for hydroxylation is 2. The highest BCUT2D eigenvalue weighted by Gasteiger charge is 2.26. The summed E-state index contributed by atoms with van der Waals surface area (Å²) in [5.41, 5.74) is 8.85. The molecule has 0 spiro atoms. The van der Waals surface area contributed by atoms with E-state index in [1.807, 2.05) is 24.3 Å². The fraction of sp³-hybridized carbons (Fsp3) is 0.259. The molecule has 0 amide bonds. The largest absolute Gasteiger partial charge is 0.493 e. The smallest absolute Gasteiger partial charge is 0.161 e. The van der Waals surface area contributed by atoms with Crippen LogP contribution in [0.3, 0.4) is 0 Å². The van der Waals surface area contributed by atoms with Crippen LogP contribution in [0.4, 0.5) is 0 Å². The highest BCUT2D eigenvalue weighted by atomic mass is 16.5. The van der Waals surface area contributed by atoms with Gasteiger partial charge in [-0.25, -0.2) is 0 Å². The van der Waals surface area contributed by atoms with Gasteiger partial charge in [-0.1, -0.05) is 48.0 Å². The van der Waals surface area contributed by atoms with Crippen molar-refractivity contribution in [1.29, 1.82) is 0 Å². The third-order valence-corrected chi connectivity index (χ3v) is 6.16. The van der Waals surface area contributed by atoms with E-state index in [0.29, 0.717) is 6.61 Å². The van der Waals surface area contributed by atoms with Gasteiger partial charge < -0.3 is 19.8 Å². The minimum atomic E-state index is 0.105. The van der Waals surface area contributed by atoms with Crippen LogP contribution in [0.15, 0.2) is 60.7 Å². The van der Waals surface area contributed by atoms with Crippen molar-refractivity contribution in [1.82, 2.24) is 10.3 Å². The summed E-state index contributed by atoms with van der Waals surface area (Å²) in [5.74, 6) is 1.51. The molecule has 2 N–H and O–H groups in total. The number of H-pyrrole nitrogens is 1. The van der Waals surface area contributed by atoms with E-state index >= 15 is 0 Å².